The molecule has 0 fully saturated rings. The molecule has 1 heterocycles. The lowest BCUT2D eigenvalue weighted by Crippen LogP contribution is -2.31. The molecule has 0 aliphatic carbocycles. The molecule has 0 unspecified atom stereocenters. The SMILES string of the molecule is CCN(C(=O)c1cccc(C(=O)OC)n1)c1cccc(C)c1. The van der Waals surface area contributed by atoms with Crippen molar-refractivity contribution in [3.05, 3.63) is 59.4 Å². The van der Waals surface area contributed by atoms with E-state index in [1.807, 2.05) is 38.1 Å². The first-order valence-electron chi connectivity index (χ1n) is 7.00. The summed E-state index contributed by atoms with van der Waals surface area (Å²) in [5.74, 6) is -0.813. The molecular weight excluding hydrogens is 280 g/mol. The van der Waals surface area contributed by atoms with Crippen molar-refractivity contribution in [1.82, 2.24) is 4.98 Å². The molecule has 2 aromatic rings. The summed E-state index contributed by atoms with van der Waals surface area (Å²) in [6, 6.07) is 12.4. The molecule has 0 radical (unpaired) electrons. The molecule has 114 valence electrons. The smallest absolute Gasteiger partial charge is 0.356 e. The molecule has 1 amide bonds. The van der Waals surface area contributed by atoms with Crippen LogP contribution in [0, 0.1) is 6.92 Å². The van der Waals surface area contributed by atoms with Gasteiger partial charge in [0.05, 0.1) is 7.11 Å². The highest BCUT2D eigenvalue weighted by Crippen LogP contribution is 2.18. The Kier molecular flexibility index (Phi) is 4.88. The average molecular weight is 298 g/mol. The molecule has 0 N–H and O–H groups in total. The highest BCUT2D eigenvalue weighted by Gasteiger charge is 2.19. The number of ether oxygens (including phenoxy) is 1. The monoisotopic (exact) mass is 298 g/mol. The van der Waals surface area contributed by atoms with E-state index in [1.54, 1.807) is 17.0 Å². The van der Waals surface area contributed by atoms with Crippen LogP contribution in [0.5, 0.6) is 0 Å². The molecule has 0 saturated heterocycles. The first kappa shape index (κ1) is 15.7. The highest BCUT2D eigenvalue weighted by atomic mass is 16.5. The number of esters is 1. The normalized spacial score (nSPS) is 10.1. The molecule has 1 aromatic heterocycles. The summed E-state index contributed by atoms with van der Waals surface area (Å²) in [7, 11) is 1.28. The molecule has 5 nitrogen and oxygen atoms in total. The zero-order chi connectivity index (χ0) is 16.1. The Balaban J connectivity index is 2.35. The van der Waals surface area contributed by atoms with Crippen LogP contribution in [0.15, 0.2) is 42.5 Å². The Hall–Kier alpha value is -2.69. The molecule has 0 aliphatic rings. The maximum Gasteiger partial charge on any atom is 0.356 e. The van der Waals surface area contributed by atoms with E-state index in [2.05, 4.69) is 9.72 Å². The zero-order valence-electron chi connectivity index (χ0n) is 12.9. The van der Waals surface area contributed by atoms with E-state index in [0.717, 1.165) is 11.3 Å². The lowest BCUT2D eigenvalue weighted by atomic mass is 10.2. The third kappa shape index (κ3) is 3.31. The number of rotatable bonds is 4. The topological polar surface area (TPSA) is 59.5 Å². The van der Waals surface area contributed by atoms with Gasteiger partial charge in [0, 0.05) is 12.2 Å². The summed E-state index contributed by atoms with van der Waals surface area (Å²) in [6.45, 7) is 4.37. The summed E-state index contributed by atoms with van der Waals surface area (Å²) in [5, 5.41) is 0. The second-order valence-corrected chi connectivity index (χ2v) is 4.79. The summed E-state index contributed by atoms with van der Waals surface area (Å²) in [4.78, 5) is 29.9. The van der Waals surface area contributed by atoms with Gasteiger partial charge in [-0.25, -0.2) is 9.78 Å². The maximum atomic E-state index is 12.7. The van der Waals surface area contributed by atoms with Crippen LogP contribution in [0.4, 0.5) is 5.69 Å². The minimum absolute atomic E-state index is 0.119. The van der Waals surface area contributed by atoms with Crippen molar-refractivity contribution in [3.63, 3.8) is 0 Å². The number of hydrogen-bond donors (Lipinski definition) is 0. The highest BCUT2D eigenvalue weighted by molar-refractivity contribution is 6.05. The van der Waals surface area contributed by atoms with E-state index in [4.69, 9.17) is 0 Å². The Morgan fingerprint density at radius 1 is 1.14 bits per heavy atom. The van der Waals surface area contributed by atoms with E-state index in [-0.39, 0.29) is 17.3 Å². The quantitative estimate of drug-likeness (QED) is 0.814. The third-order valence-electron chi connectivity index (χ3n) is 3.24. The van der Waals surface area contributed by atoms with E-state index in [9.17, 15) is 9.59 Å². The van der Waals surface area contributed by atoms with Crippen molar-refractivity contribution in [2.75, 3.05) is 18.6 Å². The first-order valence-corrected chi connectivity index (χ1v) is 7.00. The van der Waals surface area contributed by atoms with Crippen molar-refractivity contribution >= 4 is 17.6 Å². The summed E-state index contributed by atoms with van der Waals surface area (Å²) >= 11 is 0. The predicted molar refractivity (Wildman–Crippen MR) is 84.1 cm³/mol. The minimum Gasteiger partial charge on any atom is -0.464 e. The van der Waals surface area contributed by atoms with Gasteiger partial charge in [-0.1, -0.05) is 18.2 Å². The number of carbonyl (C=O) groups is 2. The molecule has 0 saturated carbocycles. The van der Waals surface area contributed by atoms with Gasteiger partial charge in [0.15, 0.2) is 0 Å². The lowest BCUT2D eigenvalue weighted by molar-refractivity contribution is 0.0594. The molecule has 0 aliphatic heterocycles. The van der Waals surface area contributed by atoms with Gasteiger partial charge in [0.25, 0.3) is 5.91 Å². The number of hydrogen-bond acceptors (Lipinski definition) is 4. The van der Waals surface area contributed by atoms with Crippen molar-refractivity contribution in [2.45, 2.75) is 13.8 Å². The maximum absolute atomic E-state index is 12.7. The van der Waals surface area contributed by atoms with Gasteiger partial charge in [-0.2, -0.15) is 0 Å². The number of benzene rings is 1. The molecule has 2 rings (SSSR count). The molecule has 22 heavy (non-hydrogen) atoms. The van der Waals surface area contributed by atoms with E-state index >= 15 is 0 Å². The van der Waals surface area contributed by atoms with Crippen LogP contribution >= 0.6 is 0 Å². The van der Waals surface area contributed by atoms with Crippen molar-refractivity contribution in [2.24, 2.45) is 0 Å². The summed E-state index contributed by atoms with van der Waals surface area (Å²) < 4.78 is 4.63. The van der Waals surface area contributed by atoms with E-state index in [0.29, 0.717) is 6.54 Å². The number of methoxy groups -OCH3 is 1. The Labute approximate surface area is 129 Å². The van der Waals surface area contributed by atoms with Gasteiger partial charge >= 0.3 is 5.97 Å². The van der Waals surface area contributed by atoms with Crippen molar-refractivity contribution in [1.29, 1.82) is 0 Å². The molecule has 1 aromatic carbocycles. The average Bonchev–Trinajstić information content (AvgIpc) is 2.55. The molecule has 0 atom stereocenters. The number of nitrogens with zero attached hydrogens (tertiary/aromatic N) is 2. The first-order chi connectivity index (χ1) is 10.6. The predicted octanol–water partition coefficient (Wildman–Crippen LogP) is 2.84. The minimum atomic E-state index is -0.562. The fourth-order valence-electron chi connectivity index (χ4n) is 2.15. The number of anilines is 1. The summed E-state index contributed by atoms with van der Waals surface area (Å²) in [5.41, 5.74) is 2.21. The lowest BCUT2D eigenvalue weighted by Gasteiger charge is -2.21. The second kappa shape index (κ2) is 6.85. The summed E-state index contributed by atoms with van der Waals surface area (Å²) in [6.07, 6.45) is 0. The molecule has 0 spiro atoms. The van der Waals surface area contributed by atoms with Crippen LogP contribution in [-0.4, -0.2) is 30.5 Å². The van der Waals surface area contributed by atoms with Gasteiger partial charge in [0.2, 0.25) is 0 Å². The number of carbonyl (C=O) groups excluding carboxylic acids is 2. The van der Waals surface area contributed by atoms with Gasteiger partial charge in [-0.15, -0.1) is 0 Å². The van der Waals surface area contributed by atoms with E-state index in [1.165, 1.54) is 13.2 Å². The van der Waals surface area contributed by atoms with Crippen molar-refractivity contribution in [3.8, 4) is 0 Å². The van der Waals surface area contributed by atoms with Gasteiger partial charge < -0.3 is 9.64 Å². The fourth-order valence-corrected chi connectivity index (χ4v) is 2.15. The Bertz CT molecular complexity index is 698. The van der Waals surface area contributed by atoms with Crippen molar-refractivity contribution < 1.29 is 14.3 Å². The van der Waals surface area contributed by atoms with Crippen LogP contribution in [0.2, 0.25) is 0 Å². The number of aryl methyl sites for hydroxylation is 1. The fraction of sp³-hybridized carbons (Fsp3) is 0.235. The second-order valence-electron chi connectivity index (χ2n) is 4.79. The van der Waals surface area contributed by atoms with Gasteiger partial charge in [0.1, 0.15) is 11.4 Å². The van der Waals surface area contributed by atoms with Crippen LogP contribution in [0.3, 0.4) is 0 Å². The Morgan fingerprint density at radius 3 is 2.45 bits per heavy atom. The van der Waals surface area contributed by atoms with Gasteiger partial charge in [-0.05, 0) is 43.7 Å². The number of aromatic nitrogens is 1. The van der Waals surface area contributed by atoms with E-state index < -0.39 is 5.97 Å². The van der Waals surface area contributed by atoms with Crippen LogP contribution in [0.25, 0.3) is 0 Å². The molecule has 5 heteroatoms. The van der Waals surface area contributed by atoms with Crippen LogP contribution in [0.1, 0.15) is 33.5 Å². The van der Waals surface area contributed by atoms with Crippen LogP contribution in [-0.2, 0) is 4.74 Å². The molecule has 0 bridgehead atoms. The Morgan fingerprint density at radius 2 is 1.82 bits per heavy atom. The number of amides is 1. The van der Waals surface area contributed by atoms with Gasteiger partial charge in [-0.3, -0.25) is 4.79 Å². The zero-order valence-corrected chi connectivity index (χ0v) is 12.9. The third-order valence-corrected chi connectivity index (χ3v) is 3.24. The van der Waals surface area contributed by atoms with Crippen LogP contribution < -0.4 is 4.90 Å². The largest absolute Gasteiger partial charge is 0.464 e. The standard InChI is InChI=1S/C17H18N2O3/c1-4-19(13-8-5-7-12(2)11-13)16(20)14-9-6-10-15(18-14)17(21)22-3/h5-11H,4H2,1-3H3. The number of pyridine rings is 1. The molecular formula is C17H18N2O3.